The summed E-state index contributed by atoms with van der Waals surface area (Å²) in [6.45, 7) is 2.19. The highest BCUT2D eigenvalue weighted by Gasteiger charge is 2.23. The predicted molar refractivity (Wildman–Crippen MR) is 55.0 cm³/mol. The lowest BCUT2D eigenvalue weighted by Gasteiger charge is -2.25. The number of alkyl halides is 1. The van der Waals surface area contributed by atoms with E-state index in [9.17, 15) is 4.79 Å². The first kappa shape index (κ1) is 11.0. The Morgan fingerprint density at radius 2 is 2.46 bits per heavy atom. The van der Waals surface area contributed by atoms with E-state index in [1.165, 1.54) is 0 Å². The van der Waals surface area contributed by atoms with Gasteiger partial charge in [-0.15, -0.1) is 0 Å². The molecule has 1 aliphatic heterocycles. The van der Waals surface area contributed by atoms with Crippen LogP contribution in [0.1, 0.15) is 12.8 Å². The molecule has 1 atom stereocenters. The third kappa shape index (κ3) is 3.27. The van der Waals surface area contributed by atoms with E-state index in [4.69, 9.17) is 4.74 Å². The van der Waals surface area contributed by atoms with Crippen LogP contribution < -0.4 is 0 Å². The Balaban J connectivity index is 2.36. The maximum atomic E-state index is 11.7. The molecule has 1 unspecified atom stereocenters. The van der Waals surface area contributed by atoms with Crippen LogP contribution in [0, 0.1) is 5.92 Å². The van der Waals surface area contributed by atoms with Gasteiger partial charge < -0.3 is 9.64 Å². The lowest BCUT2D eigenvalue weighted by Crippen LogP contribution is -2.37. The van der Waals surface area contributed by atoms with Gasteiger partial charge in [-0.2, -0.15) is 0 Å². The molecule has 4 heteroatoms. The van der Waals surface area contributed by atoms with Gasteiger partial charge in [0.2, 0.25) is 5.91 Å². The minimum atomic E-state index is 0.0952. The van der Waals surface area contributed by atoms with Crippen molar-refractivity contribution in [1.82, 2.24) is 4.90 Å². The second kappa shape index (κ2) is 5.60. The van der Waals surface area contributed by atoms with Gasteiger partial charge in [-0.25, -0.2) is 0 Å². The molecule has 0 aromatic carbocycles. The highest BCUT2D eigenvalue weighted by molar-refractivity contribution is 9.09. The summed E-state index contributed by atoms with van der Waals surface area (Å²) < 4.78 is 5.27. The summed E-state index contributed by atoms with van der Waals surface area (Å²) in [6, 6.07) is 0. The van der Waals surface area contributed by atoms with Gasteiger partial charge in [0, 0.05) is 25.5 Å². The molecule has 0 bridgehead atoms. The molecule has 1 amide bonds. The van der Waals surface area contributed by atoms with Crippen molar-refractivity contribution in [3.8, 4) is 0 Å². The molecule has 1 fully saturated rings. The van der Waals surface area contributed by atoms with Crippen molar-refractivity contribution in [3.63, 3.8) is 0 Å². The van der Waals surface area contributed by atoms with Crippen molar-refractivity contribution in [2.45, 2.75) is 12.8 Å². The molecule has 3 nitrogen and oxygen atoms in total. The standard InChI is InChI=1S/C9H16BrNO2/c1-11(5-4-10)9(12)8-3-2-6-13-7-8/h8H,2-7H2,1H3. The number of rotatable bonds is 3. The minimum Gasteiger partial charge on any atom is -0.381 e. The van der Waals surface area contributed by atoms with Crippen LogP contribution in [0.5, 0.6) is 0 Å². The lowest BCUT2D eigenvalue weighted by atomic mass is 10.0. The average molecular weight is 250 g/mol. The molecule has 0 saturated carbocycles. The van der Waals surface area contributed by atoms with Crippen LogP contribution in [0.2, 0.25) is 0 Å². The fraction of sp³-hybridized carbons (Fsp3) is 0.889. The minimum absolute atomic E-state index is 0.0952. The van der Waals surface area contributed by atoms with Crippen molar-refractivity contribution < 1.29 is 9.53 Å². The summed E-state index contributed by atoms with van der Waals surface area (Å²) >= 11 is 3.32. The van der Waals surface area contributed by atoms with E-state index in [2.05, 4.69) is 15.9 Å². The molecule has 1 aliphatic rings. The van der Waals surface area contributed by atoms with Gasteiger partial charge in [0.05, 0.1) is 12.5 Å². The zero-order chi connectivity index (χ0) is 9.68. The zero-order valence-corrected chi connectivity index (χ0v) is 9.55. The summed E-state index contributed by atoms with van der Waals surface area (Å²) in [6.07, 6.45) is 1.99. The van der Waals surface area contributed by atoms with E-state index >= 15 is 0 Å². The number of carbonyl (C=O) groups is 1. The molecule has 76 valence electrons. The van der Waals surface area contributed by atoms with Crippen LogP contribution in [0.25, 0.3) is 0 Å². The van der Waals surface area contributed by atoms with Crippen molar-refractivity contribution in [2.75, 3.05) is 32.1 Å². The van der Waals surface area contributed by atoms with Gasteiger partial charge in [-0.1, -0.05) is 15.9 Å². The first-order valence-corrected chi connectivity index (χ1v) is 5.76. The van der Waals surface area contributed by atoms with Crippen LogP contribution in [-0.4, -0.2) is 42.9 Å². The molecule has 0 spiro atoms. The van der Waals surface area contributed by atoms with Crippen LogP contribution in [0.4, 0.5) is 0 Å². The van der Waals surface area contributed by atoms with Crippen molar-refractivity contribution in [1.29, 1.82) is 0 Å². The zero-order valence-electron chi connectivity index (χ0n) is 7.96. The number of hydrogen-bond acceptors (Lipinski definition) is 2. The van der Waals surface area contributed by atoms with Gasteiger partial charge in [0.25, 0.3) is 0 Å². The lowest BCUT2D eigenvalue weighted by molar-refractivity contribution is -0.138. The SMILES string of the molecule is CN(CCBr)C(=O)C1CCCOC1. The van der Waals surface area contributed by atoms with Gasteiger partial charge in [0.1, 0.15) is 0 Å². The van der Waals surface area contributed by atoms with Crippen molar-refractivity contribution in [3.05, 3.63) is 0 Å². The van der Waals surface area contributed by atoms with Crippen LogP contribution in [0.15, 0.2) is 0 Å². The Labute approximate surface area is 87.6 Å². The quantitative estimate of drug-likeness (QED) is 0.706. The van der Waals surface area contributed by atoms with Crippen molar-refractivity contribution >= 4 is 21.8 Å². The molecule has 13 heavy (non-hydrogen) atoms. The molecule has 1 saturated heterocycles. The Bertz CT molecular complexity index is 169. The van der Waals surface area contributed by atoms with E-state index in [-0.39, 0.29) is 11.8 Å². The Hall–Kier alpha value is -0.0900. The molecule has 0 aliphatic carbocycles. The third-order valence-corrected chi connectivity index (χ3v) is 2.66. The second-order valence-corrected chi connectivity index (χ2v) is 4.16. The van der Waals surface area contributed by atoms with Gasteiger partial charge in [0.15, 0.2) is 0 Å². The van der Waals surface area contributed by atoms with Crippen LogP contribution in [-0.2, 0) is 9.53 Å². The van der Waals surface area contributed by atoms with Gasteiger partial charge in [-0.05, 0) is 12.8 Å². The Morgan fingerprint density at radius 1 is 1.69 bits per heavy atom. The maximum Gasteiger partial charge on any atom is 0.227 e. The number of amides is 1. The first-order chi connectivity index (χ1) is 6.25. The highest BCUT2D eigenvalue weighted by atomic mass is 79.9. The van der Waals surface area contributed by atoms with E-state index in [0.717, 1.165) is 31.3 Å². The van der Waals surface area contributed by atoms with Gasteiger partial charge in [-0.3, -0.25) is 4.79 Å². The number of nitrogens with zero attached hydrogens (tertiary/aromatic N) is 1. The summed E-state index contributed by atoms with van der Waals surface area (Å²) in [7, 11) is 1.85. The second-order valence-electron chi connectivity index (χ2n) is 3.36. The maximum absolute atomic E-state index is 11.7. The molecule has 0 aromatic heterocycles. The molecule has 0 N–H and O–H groups in total. The molecular weight excluding hydrogens is 234 g/mol. The largest absolute Gasteiger partial charge is 0.381 e. The summed E-state index contributed by atoms with van der Waals surface area (Å²) in [5.74, 6) is 0.317. The Kier molecular flexibility index (Phi) is 4.73. The highest BCUT2D eigenvalue weighted by Crippen LogP contribution is 2.15. The fourth-order valence-corrected chi connectivity index (χ4v) is 2.02. The fourth-order valence-electron chi connectivity index (χ4n) is 1.48. The summed E-state index contributed by atoms with van der Waals surface area (Å²) in [5, 5.41) is 0.836. The van der Waals surface area contributed by atoms with Gasteiger partial charge >= 0.3 is 0 Å². The van der Waals surface area contributed by atoms with E-state index in [0.29, 0.717) is 6.61 Å². The number of hydrogen-bond donors (Lipinski definition) is 0. The Morgan fingerprint density at radius 3 is 3.00 bits per heavy atom. The molecule has 1 heterocycles. The third-order valence-electron chi connectivity index (χ3n) is 2.31. The van der Waals surface area contributed by atoms with E-state index < -0.39 is 0 Å². The molecule has 0 aromatic rings. The summed E-state index contributed by atoms with van der Waals surface area (Å²) in [4.78, 5) is 13.5. The molecular formula is C9H16BrNO2. The summed E-state index contributed by atoms with van der Waals surface area (Å²) in [5.41, 5.74) is 0. The monoisotopic (exact) mass is 249 g/mol. The van der Waals surface area contributed by atoms with E-state index in [1.807, 2.05) is 7.05 Å². The number of ether oxygens (including phenoxy) is 1. The van der Waals surface area contributed by atoms with Crippen molar-refractivity contribution in [2.24, 2.45) is 5.92 Å². The number of carbonyl (C=O) groups excluding carboxylic acids is 1. The normalized spacial score (nSPS) is 22.8. The molecule has 0 radical (unpaired) electrons. The van der Waals surface area contributed by atoms with Crippen LogP contribution >= 0.6 is 15.9 Å². The molecule has 1 rings (SSSR count). The predicted octanol–water partition coefficient (Wildman–Crippen LogP) is 1.27. The average Bonchev–Trinajstić information content (AvgIpc) is 2.18. The first-order valence-electron chi connectivity index (χ1n) is 4.64. The smallest absolute Gasteiger partial charge is 0.227 e. The van der Waals surface area contributed by atoms with E-state index in [1.54, 1.807) is 4.90 Å². The van der Waals surface area contributed by atoms with Crippen LogP contribution in [0.3, 0.4) is 0 Å². The number of halogens is 1. The topological polar surface area (TPSA) is 29.5 Å².